The zero-order valence-electron chi connectivity index (χ0n) is 17.0. The largest absolute Gasteiger partial charge is 0.337 e. The van der Waals surface area contributed by atoms with Crippen molar-refractivity contribution in [2.75, 3.05) is 18.4 Å². The third-order valence-corrected chi connectivity index (χ3v) is 6.60. The van der Waals surface area contributed by atoms with Crippen LogP contribution in [0.4, 0.5) is 10.1 Å². The van der Waals surface area contributed by atoms with Crippen LogP contribution in [0.1, 0.15) is 21.5 Å². The van der Waals surface area contributed by atoms with Gasteiger partial charge in [0.05, 0.1) is 10.6 Å². The molecule has 0 saturated carbocycles. The summed E-state index contributed by atoms with van der Waals surface area (Å²) in [5.74, 6) is -0.731. The Bertz CT molecular complexity index is 1140. The molecule has 0 heterocycles. The molecule has 0 radical (unpaired) electrons. The van der Waals surface area contributed by atoms with E-state index in [0.717, 1.165) is 15.4 Å². The Morgan fingerprint density at radius 1 is 0.933 bits per heavy atom. The highest BCUT2D eigenvalue weighted by molar-refractivity contribution is 7.92. The SMILES string of the molecule is Cc1ccc(CN(C)C(=O)c2cccc(S(=O)(=O)N(C)c3ccc(F)cc3)c2)cc1. The Morgan fingerprint density at radius 2 is 1.57 bits per heavy atom. The molecule has 0 spiro atoms. The first-order valence-corrected chi connectivity index (χ1v) is 10.8. The molecular weight excluding hydrogens is 403 g/mol. The Kier molecular flexibility index (Phi) is 6.22. The molecule has 5 nitrogen and oxygen atoms in total. The Balaban J connectivity index is 1.82. The minimum Gasteiger partial charge on any atom is -0.337 e. The molecule has 156 valence electrons. The molecule has 3 aromatic rings. The molecule has 0 unspecified atom stereocenters. The monoisotopic (exact) mass is 426 g/mol. The number of sulfonamides is 1. The average Bonchev–Trinajstić information content (AvgIpc) is 2.75. The van der Waals surface area contributed by atoms with Gasteiger partial charge in [0, 0.05) is 26.2 Å². The van der Waals surface area contributed by atoms with Gasteiger partial charge in [-0.2, -0.15) is 0 Å². The van der Waals surface area contributed by atoms with Gasteiger partial charge in [-0.3, -0.25) is 9.10 Å². The van der Waals surface area contributed by atoms with E-state index in [2.05, 4.69) is 0 Å². The van der Waals surface area contributed by atoms with Crippen molar-refractivity contribution in [1.29, 1.82) is 0 Å². The standard InChI is InChI=1S/C23H23FN2O3S/c1-17-7-9-18(10-8-17)16-25(2)23(27)19-5-4-6-22(15-19)30(28,29)26(3)21-13-11-20(24)12-14-21/h4-15H,16H2,1-3H3. The molecule has 0 aromatic heterocycles. The normalized spacial score (nSPS) is 11.2. The van der Waals surface area contributed by atoms with E-state index in [9.17, 15) is 17.6 Å². The lowest BCUT2D eigenvalue weighted by Crippen LogP contribution is -2.28. The summed E-state index contributed by atoms with van der Waals surface area (Å²) in [6.07, 6.45) is 0. The lowest BCUT2D eigenvalue weighted by atomic mass is 10.1. The number of hydrogen-bond donors (Lipinski definition) is 0. The summed E-state index contributed by atoms with van der Waals surface area (Å²) < 4.78 is 40.2. The van der Waals surface area contributed by atoms with Crippen LogP contribution >= 0.6 is 0 Å². The number of hydrogen-bond acceptors (Lipinski definition) is 3. The summed E-state index contributed by atoms with van der Waals surface area (Å²) in [7, 11) is -0.846. The summed E-state index contributed by atoms with van der Waals surface area (Å²) in [5.41, 5.74) is 2.72. The van der Waals surface area contributed by atoms with E-state index in [1.54, 1.807) is 24.1 Å². The van der Waals surface area contributed by atoms with Crippen LogP contribution in [0.5, 0.6) is 0 Å². The predicted molar refractivity (Wildman–Crippen MR) is 115 cm³/mol. The molecule has 0 aliphatic carbocycles. The zero-order valence-corrected chi connectivity index (χ0v) is 17.9. The molecule has 3 aromatic carbocycles. The van der Waals surface area contributed by atoms with Gasteiger partial charge in [-0.05, 0) is 55.0 Å². The molecule has 0 fully saturated rings. The van der Waals surface area contributed by atoms with E-state index in [0.29, 0.717) is 12.2 Å². The maximum atomic E-state index is 13.2. The molecule has 7 heteroatoms. The molecule has 0 aliphatic heterocycles. The quantitative estimate of drug-likeness (QED) is 0.593. The first-order chi connectivity index (χ1) is 14.2. The second kappa shape index (κ2) is 8.67. The highest BCUT2D eigenvalue weighted by Crippen LogP contribution is 2.23. The Hall–Kier alpha value is -3.19. The van der Waals surface area contributed by atoms with Crippen LogP contribution in [-0.4, -0.2) is 33.3 Å². The van der Waals surface area contributed by atoms with E-state index in [1.165, 1.54) is 43.4 Å². The number of benzene rings is 3. The van der Waals surface area contributed by atoms with E-state index >= 15 is 0 Å². The summed E-state index contributed by atoms with van der Waals surface area (Å²) >= 11 is 0. The van der Waals surface area contributed by atoms with E-state index in [-0.39, 0.29) is 16.4 Å². The second-order valence-electron chi connectivity index (χ2n) is 7.12. The molecule has 30 heavy (non-hydrogen) atoms. The minimum absolute atomic E-state index is 0.0103. The number of nitrogens with zero attached hydrogens (tertiary/aromatic N) is 2. The fourth-order valence-corrected chi connectivity index (χ4v) is 4.24. The van der Waals surface area contributed by atoms with Crippen LogP contribution in [-0.2, 0) is 16.6 Å². The molecule has 0 aliphatic rings. The first-order valence-electron chi connectivity index (χ1n) is 9.34. The minimum atomic E-state index is -3.91. The van der Waals surface area contributed by atoms with E-state index < -0.39 is 15.8 Å². The number of anilines is 1. The van der Waals surface area contributed by atoms with Crippen molar-refractivity contribution >= 4 is 21.6 Å². The summed E-state index contributed by atoms with van der Waals surface area (Å²) in [4.78, 5) is 14.4. The van der Waals surface area contributed by atoms with Gasteiger partial charge in [0.2, 0.25) is 0 Å². The van der Waals surface area contributed by atoms with E-state index in [1.807, 2.05) is 31.2 Å². The van der Waals surface area contributed by atoms with Crippen molar-refractivity contribution in [3.63, 3.8) is 0 Å². The highest BCUT2D eigenvalue weighted by atomic mass is 32.2. The van der Waals surface area contributed by atoms with Gasteiger partial charge in [-0.15, -0.1) is 0 Å². The second-order valence-corrected chi connectivity index (χ2v) is 9.09. The predicted octanol–water partition coefficient (Wildman–Crippen LogP) is 4.23. The number of halogens is 1. The number of aryl methyl sites for hydroxylation is 1. The van der Waals surface area contributed by atoms with Crippen molar-refractivity contribution in [1.82, 2.24) is 4.90 Å². The van der Waals surface area contributed by atoms with Crippen LogP contribution in [0.3, 0.4) is 0 Å². The molecule has 0 atom stereocenters. The van der Waals surface area contributed by atoms with Crippen LogP contribution in [0, 0.1) is 12.7 Å². The average molecular weight is 427 g/mol. The van der Waals surface area contributed by atoms with Crippen molar-refractivity contribution in [3.8, 4) is 0 Å². The van der Waals surface area contributed by atoms with E-state index in [4.69, 9.17) is 0 Å². The third kappa shape index (κ3) is 4.68. The molecule has 0 N–H and O–H groups in total. The van der Waals surface area contributed by atoms with Gasteiger partial charge in [0.25, 0.3) is 15.9 Å². The molecule has 1 amide bonds. The number of amides is 1. The highest BCUT2D eigenvalue weighted by Gasteiger charge is 2.23. The van der Waals surface area contributed by atoms with Gasteiger partial charge < -0.3 is 4.90 Å². The number of carbonyl (C=O) groups is 1. The molecular formula is C23H23FN2O3S. The Labute approximate surface area is 176 Å². The van der Waals surface area contributed by atoms with Gasteiger partial charge in [0.1, 0.15) is 5.82 Å². The molecule has 3 rings (SSSR count). The van der Waals surface area contributed by atoms with Gasteiger partial charge >= 0.3 is 0 Å². The topological polar surface area (TPSA) is 57.7 Å². The number of carbonyl (C=O) groups excluding carboxylic acids is 1. The van der Waals surface area contributed by atoms with Crippen molar-refractivity contribution in [2.45, 2.75) is 18.4 Å². The fourth-order valence-electron chi connectivity index (χ4n) is 3.00. The maximum Gasteiger partial charge on any atom is 0.264 e. The Morgan fingerprint density at radius 3 is 2.20 bits per heavy atom. The lowest BCUT2D eigenvalue weighted by Gasteiger charge is -2.21. The molecule has 0 saturated heterocycles. The lowest BCUT2D eigenvalue weighted by molar-refractivity contribution is 0.0785. The van der Waals surface area contributed by atoms with Crippen LogP contribution in [0.25, 0.3) is 0 Å². The van der Waals surface area contributed by atoms with Crippen LogP contribution in [0.2, 0.25) is 0 Å². The summed E-state index contributed by atoms with van der Waals surface area (Å²) in [6.45, 7) is 2.40. The number of rotatable bonds is 6. The maximum absolute atomic E-state index is 13.2. The van der Waals surface area contributed by atoms with Gasteiger partial charge in [0.15, 0.2) is 0 Å². The van der Waals surface area contributed by atoms with Crippen LogP contribution in [0.15, 0.2) is 77.7 Å². The van der Waals surface area contributed by atoms with Gasteiger partial charge in [-0.25, -0.2) is 12.8 Å². The summed E-state index contributed by atoms with van der Waals surface area (Å²) in [6, 6.07) is 19.0. The smallest absolute Gasteiger partial charge is 0.264 e. The first kappa shape index (κ1) is 21.5. The van der Waals surface area contributed by atoms with Gasteiger partial charge in [-0.1, -0.05) is 35.9 Å². The van der Waals surface area contributed by atoms with Crippen molar-refractivity contribution in [2.24, 2.45) is 0 Å². The fraction of sp³-hybridized carbons (Fsp3) is 0.174. The van der Waals surface area contributed by atoms with Crippen molar-refractivity contribution < 1.29 is 17.6 Å². The van der Waals surface area contributed by atoms with Crippen LogP contribution < -0.4 is 4.31 Å². The van der Waals surface area contributed by atoms with Crippen molar-refractivity contribution in [3.05, 3.63) is 95.3 Å². The molecule has 0 bridgehead atoms. The third-order valence-electron chi connectivity index (χ3n) is 4.82. The summed E-state index contributed by atoms with van der Waals surface area (Å²) in [5, 5.41) is 0. The zero-order chi connectivity index (χ0) is 21.9.